The lowest BCUT2D eigenvalue weighted by molar-refractivity contribution is -0.139. The molecule has 8 nitrogen and oxygen atoms in total. The third-order valence-corrected chi connectivity index (χ3v) is 10.0. The number of ketones is 1. The first-order valence-corrected chi connectivity index (χ1v) is 15.0. The number of nitrogens with zero attached hydrogens (tertiary/aromatic N) is 3. The van der Waals surface area contributed by atoms with Crippen molar-refractivity contribution in [1.82, 2.24) is 19.8 Å². The maximum absolute atomic E-state index is 14.0. The second-order valence-electron chi connectivity index (χ2n) is 13.5. The average molecular weight is 547 g/mol. The molecule has 1 aromatic carbocycles. The van der Waals surface area contributed by atoms with Gasteiger partial charge in [-0.1, -0.05) is 30.7 Å². The molecular formula is C32H42N4O4. The van der Waals surface area contributed by atoms with Crippen molar-refractivity contribution >= 4 is 17.8 Å². The number of Topliss-reactive ketones (excluding diaryl/α,β-unsaturated/α-hetero) is 1. The highest BCUT2D eigenvalue weighted by Gasteiger charge is 2.53. The molecule has 1 N–H and O–H groups in total. The summed E-state index contributed by atoms with van der Waals surface area (Å²) in [5.74, 6) is 0.498. The number of hydrogen-bond acceptors (Lipinski definition) is 5. The van der Waals surface area contributed by atoms with Crippen LogP contribution in [0.1, 0.15) is 96.6 Å². The molecule has 2 aliphatic heterocycles. The average Bonchev–Trinajstić information content (AvgIpc) is 3.38. The van der Waals surface area contributed by atoms with Crippen molar-refractivity contribution in [1.29, 1.82) is 0 Å². The Morgan fingerprint density at radius 3 is 2.40 bits per heavy atom. The first kappa shape index (κ1) is 27.0. The Hall–Kier alpha value is -3.16. The van der Waals surface area contributed by atoms with Crippen LogP contribution in [0.4, 0.5) is 4.79 Å². The van der Waals surface area contributed by atoms with Crippen molar-refractivity contribution in [2.75, 3.05) is 13.1 Å². The van der Waals surface area contributed by atoms with Gasteiger partial charge in [-0.15, -0.1) is 0 Å². The highest BCUT2D eigenvalue weighted by Crippen LogP contribution is 2.56. The molecule has 0 radical (unpaired) electrons. The van der Waals surface area contributed by atoms with Crippen molar-refractivity contribution < 1.29 is 19.1 Å². The Kier molecular flexibility index (Phi) is 6.78. The van der Waals surface area contributed by atoms with Gasteiger partial charge in [0.05, 0.1) is 24.3 Å². The molecule has 4 fully saturated rings. The van der Waals surface area contributed by atoms with Crippen molar-refractivity contribution in [2.45, 2.75) is 103 Å². The third kappa shape index (κ3) is 4.83. The van der Waals surface area contributed by atoms with E-state index in [9.17, 15) is 14.4 Å². The number of benzene rings is 1. The molecule has 7 rings (SSSR count). The van der Waals surface area contributed by atoms with Gasteiger partial charge in [0.15, 0.2) is 0 Å². The molecule has 2 amide bonds. The van der Waals surface area contributed by atoms with E-state index in [1.165, 1.54) is 11.1 Å². The van der Waals surface area contributed by atoms with Crippen molar-refractivity contribution in [2.24, 2.45) is 10.8 Å². The molecule has 3 heterocycles. The van der Waals surface area contributed by atoms with Crippen LogP contribution >= 0.6 is 0 Å². The lowest BCUT2D eigenvalue weighted by Gasteiger charge is -2.42. The number of carbonyl (C=O) groups excluding carboxylic acids is 3. The molecule has 1 unspecified atom stereocenters. The Morgan fingerprint density at radius 1 is 1.00 bits per heavy atom. The summed E-state index contributed by atoms with van der Waals surface area (Å²) in [7, 11) is 0. The minimum atomic E-state index is -0.512. The Labute approximate surface area is 236 Å². The zero-order valence-electron chi connectivity index (χ0n) is 24.1. The summed E-state index contributed by atoms with van der Waals surface area (Å²) in [5, 5.41) is 3.35. The van der Waals surface area contributed by atoms with Gasteiger partial charge in [0.2, 0.25) is 5.91 Å². The Morgan fingerprint density at radius 2 is 1.68 bits per heavy atom. The minimum absolute atomic E-state index is 0.000331. The van der Waals surface area contributed by atoms with E-state index in [2.05, 4.69) is 33.1 Å². The number of amides is 2. The van der Waals surface area contributed by atoms with Crippen LogP contribution in [0, 0.1) is 10.8 Å². The number of aromatic nitrogens is 2. The Balaban J connectivity index is 1.07. The SMILES string of the molecule is CC(C)(C)OC(=O)N1CCC(NC(=O)C23CCCC(C(=O)CC4c5ccccc5-c5cncn54)(CC2)CC3)CC1. The zero-order valence-corrected chi connectivity index (χ0v) is 24.1. The van der Waals surface area contributed by atoms with Gasteiger partial charge in [-0.3, -0.25) is 9.59 Å². The van der Waals surface area contributed by atoms with Crippen LogP contribution in [0.15, 0.2) is 36.8 Å². The van der Waals surface area contributed by atoms with Crippen LogP contribution in [0.25, 0.3) is 11.3 Å². The summed E-state index contributed by atoms with van der Waals surface area (Å²) in [6, 6.07) is 8.42. The van der Waals surface area contributed by atoms with Gasteiger partial charge >= 0.3 is 6.09 Å². The van der Waals surface area contributed by atoms with Crippen molar-refractivity contribution in [3.8, 4) is 11.3 Å². The number of ether oxygens (including phenoxy) is 1. The van der Waals surface area contributed by atoms with Gasteiger partial charge < -0.3 is 19.5 Å². The van der Waals surface area contributed by atoms with Crippen LogP contribution in [0.3, 0.4) is 0 Å². The summed E-state index contributed by atoms with van der Waals surface area (Å²) >= 11 is 0. The molecule has 1 atom stereocenters. The van der Waals surface area contributed by atoms with E-state index in [0.717, 1.165) is 63.5 Å². The number of hydrogen-bond donors (Lipinski definition) is 1. The number of likely N-dealkylation sites (tertiary alicyclic amines) is 1. The lowest BCUT2D eigenvalue weighted by Crippen LogP contribution is -2.52. The van der Waals surface area contributed by atoms with Gasteiger partial charge in [-0.05, 0) is 77.7 Å². The lowest BCUT2D eigenvalue weighted by atomic mass is 9.62. The van der Waals surface area contributed by atoms with Crippen molar-refractivity contribution in [3.05, 3.63) is 42.4 Å². The van der Waals surface area contributed by atoms with E-state index < -0.39 is 5.60 Å². The van der Waals surface area contributed by atoms with Gasteiger partial charge in [0.25, 0.3) is 0 Å². The molecule has 1 saturated heterocycles. The molecule has 2 aromatic rings. The van der Waals surface area contributed by atoms with E-state index >= 15 is 0 Å². The quantitative estimate of drug-likeness (QED) is 0.522. The number of fused-ring (bicyclic) bond motifs is 7. The molecule has 8 heteroatoms. The van der Waals surface area contributed by atoms with E-state index in [0.29, 0.717) is 25.3 Å². The van der Waals surface area contributed by atoms with Crippen LogP contribution in [0.2, 0.25) is 0 Å². The summed E-state index contributed by atoms with van der Waals surface area (Å²) < 4.78 is 7.67. The zero-order chi connectivity index (χ0) is 28.1. The molecule has 3 saturated carbocycles. The highest BCUT2D eigenvalue weighted by molar-refractivity contribution is 5.88. The van der Waals surface area contributed by atoms with E-state index in [1.54, 1.807) is 4.90 Å². The second-order valence-corrected chi connectivity index (χ2v) is 13.5. The standard InChI is InChI=1S/C32H42N4O4/c1-30(2,3)40-29(39)35-17-9-22(10-18-35)34-28(38)32-12-6-11-31(13-15-32,14-16-32)27(37)19-25-23-7-4-5-8-24(23)26-20-33-21-36(25)26/h4-5,7-8,20-22,25H,6,9-19H2,1-3H3,(H,34,38). The topological polar surface area (TPSA) is 93.5 Å². The van der Waals surface area contributed by atoms with Crippen LogP contribution in [0.5, 0.6) is 0 Å². The first-order valence-electron chi connectivity index (χ1n) is 15.0. The highest BCUT2D eigenvalue weighted by atomic mass is 16.6. The van der Waals surface area contributed by atoms with E-state index in [4.69, 9.17) is 4.74 Å². The molecule has 40 heavy (non-hydrogen) atoms. The Bertz CT molecular complexity index is 1290. The fraction of sp³-hybridized carbons (Fsp3) is 0.625. The van der Waals surface area contributed by atoms with Gasteiger partial charge in [0, 0.05) is 41.9 Å². The number of rotatable bonds is 5. The summed E-state index contributed by atoms with van der Waals surface area (Å²) in [6.45, 7) is 6.81. The minimum Gasteiger partial charge on any atom is -0.444 e. The smallest absolute Gasteiger partial charge is 0.410 e. The normalized spacial score (nSPS) is 28.0. The van der Waals surface area contributed by atoms with Gasteiger partial charge in [0.1, 0.15) is 11.4 Å². The summed E-state index contributed by atoms with van der Waals surface area (Å²) in [5.41, 5.74) is 2.26. The maximum atomic E-state index is 14.0. The van der Waals surface area contributed by atoms with Crippen LogP contribution < -0.4 is 5.32 Å². The molecule has 1 aromatic heterocycles. The van der Waals surface area contributed by atoms with E-state index in [-0.39, 0.29) is 34.9 Å². The largest absolute Gasteiger partial charge is 0.444 e. The monoisotopic (exact) mass is 546 g/mol. The molecular weight excluding hydrogens is 504 g/mol. The van der Waals surface area contributed by atoms with Crippen LogP contribution in [-0.2, 0) is 14.3 Å². The van der Waals surface area contributed by atoms with Gasteiger partial charge in [-0.25, -0.2) is 9.78 Å². The number of imidazole rings is 1. The molecule has 3 aliphatic carbocycles. The predicted octanol–water partition coefficient (Wildman–Crippen LogP) is 5.66. The number of carbonyl (C=O) groups is 3. The summed E-state index contributed by atoms with van der Waals surface area (Å²) in [6.07, 6.45) is 11.2. The molecule has 0 spiro atoms. The fourth-order valence-corrected chi connectivity index (χ4v) is 7.64. The van der Waals surface area contributed by atoms with Crippen molar-refractivity contribution in [3.63, 3.8) is 0 Å². The number of piperidine rings is 1. The van der Waals surface area contributed by atoms with E-state index in [1.807, 2.05) is 39.4 Å². The predicted molar refractivity (Wildman–Crippen MR) is 152 cm³/mol. The summed E-state index contributed by atoms with van der Waals surface area (Å²) in [4.78, 5) is 46.2. The molecule has 2 bridgehead atoms. The van der Waals surface area contributed by atoms with Crippen LogP contribution in [-0.4, -0.2) is 57.0 Å². The molecule has 214 valence electrons. The van der Waals surface area contributed by atoms with Gasteiger partial charge in [-0.2, -0.15) is 0 Å². The second kappa shape index (κ2) is 10.0. The fourth-order valence-electron chi connectivity index (χ4n) is 7.64. The maximum Gasteiger partial charge on any atom is 0.410 e. The third-order valence-electron chi connectivity index (χ3n) is 10.0. The number of nitrogens with one attached hydrogen (secondary N) is 1. The first-order chi connectivity index (χ1) is 19.1. The molecule has 5 aliphatic rings.